The summed E-state index contributed by atoms with van der Waals surface area (Å²) in [7, 11) is 6.33. The van der Waals surface area contributed by atoms with Crippen molar-refractivity contribution in [2.24, 2.45) is 0 Å². The Bertz CT molecular complexity index is 839. The van der Waals surface area contributed by atoms with Gasteiger partial charge < -0.3 is 0 Å². The molecular formula is C18H20N3O+. The van der Waals surface area contributed by atoms with E-state index in [4.69, 9.17) is 0 Å². The first-order chi connectivity index (χ1) is 10.5. The molecule has 0 aliphatic heterocycles. The lowest BCUT2D eigenvalue weighted by Crippen LogP contribution is -2.34. The van der Waals surface area contributed by atoms with E-state index in [0.717, 1.165) is 16.9 Å². The Kier molecular flexibility index (Phi) is 3.47. The average molecular weight is 294 g/mol. The molecule has 112 valence electrons. The molecule has 4 nitrogen and oxygen atoms in total. The highest BCUT2D eigenvalue weighted by Gasteiger charge is 2.15. The van der Waals surface area contributed by atoms with Gasteiger partial charge in [-0.25, -0.2) is 4.68 Å². The van der Waals surface area contributed by atoms with E-state index >= 15 is 0 Å². The molecule has 0 fully saturated rings. The lowest BCUT2D eigenvalue weighted by Gasteiger charge is -2.23. The largest absolute Gasteiger partial charge is 0.298 e. The summed E-state index contributed by atoms with van der Waals surface area (Å²) in [6.45, 7) is 0. The number of benzene rings is 2. The number of para-hydroxylation sites is 1. The van der Waals surface area contributed by atoms with E-state index in [-0.39, 0.29) is 5.56 Å². The molecule has 1 heterocycles. The molecule has 0 unspecified atom stereocenters. The van der Waals surface area contributed by atoms with E-state index in [1.165, 1.54) is 0 Å². The zero-order valence-corrected chi connectivity index (χ0v) is 13.1. The number of nitrogens with one attached hydrogen (secondary N) is 1. The van der Waals surface area contributed by atoms with Crippen LogP contribution in [0.25, 0.3) is 16.8 Å². The molecule has 4 heteroatoms. The van der Waals surface area contributed by atoms with Crippen LogP contribution < -0.4 is 10.0 Å². The lowest BCUT2D eigenvalue weighted by atomic mass is 10.1. The van der Waals surface area contributed by atoms with E-state index < -0.39 is 0 Å². The highest BCUT2D eigenvalue weighted by atomic mass is 16.1. The number of aromatic nitrogens is 2. The van der Waals surface area contributed by atoms with E-state index in [9.17, 15) is 4.79 Å². The summed E-state index contributed by atoms with van der Waals surface area (Å²) in [5.74, 6) is 0. The van der Waals surface area contributed by atoms with Gasteiger partial charge in [-0.2, -0.15) is 0 Å². The van der Waals surface area contributed by atoms with Gasteiger partial charge in [0, 0.05) is 12.3 Å². The second-order valence-corrected chi connectivity index (χ2v) is 6.23. The van der Waals surface area contributed by atoms with E-state index in [1.807, 2.05) is 42.5 Å². The van der Waals surface area contributed by atoms with Gasteiger partial charge in [-0.1, -0.05) is 30.3 Å². The van der Waals surface area contributed by atoms with E-state index in [0.29, 0.717) is 10.0 Å². The van der Waals surface area contributed by atoms with Crippen LogP contribution >= 0.6 is 0 Å². The third-order valence-corrected chi connectivity index (χ3v) is 3.72. The fraction of sp³-hybridized carbons (Fsp3) is 0.167. The highest BCUT2D eigenvalue weighted by Crippen LogP contribution is 2.24. The average Bonchev–Trinajstić information content (AvgIpc) is 2.89. The zero-order valence-electron chi connectivity index (χ0n) is 13.1. The minimum atomic E-state index is -0.0373. The van der Waals surface area contributed by atoms with E-state index in [2.05, 4.69) is 38.4 Å². The first kappa shape index (κ1) is 14.4. The van der Waals surface area contributed by atoms with Gasteiger partial charge in [-0.15, -0.1) is 0 Å². The fourth-order valence-electron chi connectivity index (χ4n) is 2.44. The van der Waals surface area contributed by atoms with Gasteiger partial charge in [-0.05, 0) is 23.8 Å². The Labute approximate surface area is 129 Å². The minimum Gasteiger partial charge on any atom is -0.298 e. The standard InChI is InChI=1S/C18H19N3O/c1-21(2,3)16-11-7-8-14(12-16)17-13-19-20(18(17)22)15-9-5-4-6-10-15/h4-13H,1-3H3/p+1. The number of quaternary nitrogens is 1. The summed E-state index contributed by atoms with van der Waals surface area (Å²) >= 11 is 0. The topological polar surface area (TPSA) is 37.8 Å². The predicted molar refractivity (Wildman–Crippen MR) is 91.4 cm³/mol. The SMILES string of the molecule is C[N+](C)(C)c1cccc(-c2c[nH]n(-c3ccccc3)c2=O)c1. The molecule has 2 aromatic carbocycles. The second kappa shape index (κ2) is 5.31. The summed E-state index contributed by atoms with van der Waals surface area (Å²) in [5, 5.41) is 3.05. The van der Waals surface area contributed by atoms with Crippen molar-refractivity contribution in [2.75, 3.05) is 21.1 Å². The number of hydrogen-bond donors (Lipinski definition) is 1. The van der Waals surface area contributed by atoms with Crippen molar-refractivity contribution in [3.63, 3.8) is 0 Å². The normalized spacial score (nSPS) is 11.6. The minimum absolute atomic E-state index is 0.0373. The van der Waals surface area contributed by atoms with Crippen molar-refractivity contribution in [3.05, 3.63) is 71.1 Å². The van der Waals surface area contributed by atoms with Gasteiger partial charge in [-0.3, -0.25) is 14.4 Å². The Balaban J connectivity index is 2.08. The van der Waals surface area contributed by atoms with Gasteiger partial charge in [0.15, 0.2) is 0 Å². The van der Waals surface area contributed by atoms with Crippen molar-refractivity contribution in [3.8, 4) is 16.8 Å². The third-order valence-electron chi connectivity index (χ3n) is 3.72. The summed E-state index contributed by atoms with van der Waals surface area (Å²) < 4.78 is 2.28. The summed E-state index contributed by atoms with van der Waals surface area (Å²) in [6.07, 6.45) is 1.77. The number of rotatable bonds is 3. The van der Waals surface area contributed by atoms with Gasteiger partial charge >= 0.3 is 0 Å². The molecule has 22 heavy (non-hydrogen) atoms. The fourth-order valence-corrected chi connectivity index (χ4v) is 2.44. The molecule has 0 saturated heterocycles. The highest BCUT2D eigenvalue weighted by molar-refractivity contribution is 5.66. The zero-order chi connectivity index (χ0) is 15.7. The van der Waals surface area contributed by atoms with Crippen molar-refractivity contribution >= 4 is 5.69 Å². The molecule has 0 spiro atoms. The van der Waals surface area contributed by atoms with Crippen LogP contribution in [0.3, 0.4) is 0 Å². The second-order valence-electron chi connectivity index (χ2n) is 6.23. The molecule has 1 aromatic heterocycles. The predicted octanol–water partition coefficient (Wildman–Crippen LogP) is 3.03. The van der Waals surface area contributed by atoms with Crippen LogP contribution in [-0.4, -0.2) is 30.9 Å². The van der Waals surface area contributed by atoms with Crippen LogP contribution in [0.2, 0.25) is 0 Å². The molecule has 0 amide bonds. The summed E-state index contributed by atoms with van der Waals surface area (Å²) in [5.41, 5.74) is 3.57. The molecule has 0 bridgehead atoms. The Hall–Kier alpha value is -2.59. The summed E-state index contributed by atoms with van der Waals surface area (Å²) in [6, 6.07) is 17.7. The third kappa shape index (κ3) is 2.61. The number of H-pyrrole nitrogens is 1. The quantitative estimate of drug-likeness (QED) is 0.741. The van der Waals surface area contributed by atoms with Gasteiger partial charge in [0.1, 0.15) is 5.69 Å². The maximum absolute atomic E-state index is 12.7. The molecule has 1 N–H and O–H groups in total. The van der Waals surface area contributed by atoms with Crippen molar-refractivity contribution in [2.45, 2.75) is 0 Å². The Morgan fingerprint density at radius 3 is 2.36 bits per heavy atom. The molecule has 3 aromatic rings. The number of nitrogens with zero attached hydrogens (tertiary/aromatic N) is 2. The smallest absolute Gasteiger partial charge is 0.279 e. The molecule has 0 aliphatic rings. The number of hydrogen-bond acceptors (Lipinski definition) is 1. The molecule has 3 rings (SSSR count). The molecule has 0 saturated carbocycles. The van der Waals surface area contributed by atoms with Crippen LogP contribution in [0.15, 0.2) is 65.6 Å². The summed E-state index contributed by atoms with van der Waals surface area (Å²) in [4.78, 5) is 12.7. The molecule has 0 atom stereocenters. The van der Waals surface area contributed by atoms with Crippen LogP contribution in [0.4, 0.5) is 5.69 Å². The maximum Gasteiger partial charge on any atom is 0.279 e. The monoisotopic (exact) mass is 294 g/mol. The van der Waals surface area contributed by atoms with Gasteiger partial charge in [0.05, 0.1) is 32.4 Å². The van der Waals surface area contributed by atoms with Crippen LogP contribution in [0, 0.1) is 0 Å². The van der Waals surface area contributed by atoms with Crippen LogP contribution in [0.5, 0.6) is 0 Å². The molecule has 0 aliphatic carbocycles. The molecular weight excluding hydrogens is 274 g/mol. The van der Waals surface area contributed by atoms with Crippen LogP contribution in [0.1, 0.15) is 0 Å². The van der Waals surface area contributed by atoms with Crippen molar-refractivity contribution in [1.82, 2.24) is 14.3 Å². The lowest BCUT2D eigenvalue weighted by molar-refractivity contribution is 0.486. The van der Waals surface area contributed by atoms with Gasteiger partial charge in [0.25, 0.3) is 5.56 Å². The number of aromatic amines is 1. The van der Waals surface area contributed by atoms with Gasteiger partial charge in [0.2, 0.25) is 0 Å². The van der Waals surface area contributed by atoms with Crippen molar-refractivity contribution < 1.29 is 0 Å². The van der Waals surface area contributed by atoms with E-state index in [1.54, 1.807) is 10.9 Å². The maximum atomic E-state index is 12.7. The first-order valence-electron chi connectivity index (χ1n) is 7.25. The Morgan fingerprint density at radius 2 is 1.68 bits per heavy atom. The molecule has 0 radical (unpaired) electrons. The van der Waals surface area contributed by atoms with Crippen LogP contribution in [-0.2, 0) is 0 Å². The first-order valence-corrected chi connectivity index (χ1v) is 7.25. The van der Waals surface area contributed by atoms with Crippen molar-refractivity contribution in [1.29, 1.82) is 0 Å². The Morgan fingerprint density at radius 1 is 0.955 bits per heavy atom.